The van der Waals surface area contributed by atoms with Crippen molar-refractivity contribution in [2.75, 3.05) is 25.0 Å². The molecule has 0 radical (unpaired) electrons. The monoisotopic (exact) mass is 455 g/mol. The summed E-state index contributed by atoms with van der Waals surface area (Å²) in [6.45, 7) is 7.91. The molecule has 0 aliphatic carbocycles. The lowest BCUT2D eigenvalue weighted by Gasteiger charge is -2.19. The highest BCUT2D eigenvalue weighted by Crippen LogP contribution is 2.23. The molecule has 0 aromatic heterocycles. The Balaban J connectivity index is 1.46. The van der Waals surface area contributed by atoms with Gasteiger partial charge in [0.1, 0.15) is 0 Å². The molecule has 2 aromatic rings. The molecule has 1 atom stereocenters. The third-order valence-electron chi connectivity index (χ3n) is 5.52. The van der Waals surface area contributed by atoms with Gasteiger partial charge < -0.3 is 10.2 Å². The zero-order valence-corrected chi connectivity index (χ0v) is 19.8. The number of rotatable bonds is 8. The van der Waals surface area contributed by atoms with Crippen molar-refractivity contribution in [2.45, 2.75) is 38.6 Å². The van der Waals surface area contributed by atoms with Crippen LogP contribution in [0.2, 0.25) is 5.02 Å². The van der Waals surface area contributed by atoms with Crippen molar-refractivity contribution in [3.05, 3.63) is 76.2 Å². The molecule has 6 heteroatoms. The average Bonchev–Trinajstić information content (AvgIpc) is 3.26. The third-order valence-corrected chi connectivity index (χ3v) is 6.82. The quantitative estimate of drug-likeness (QED) is 0.324. The van der Waals surface area contributed by atoms with E-state index in [9.17, 15) is 4.79 Å². The highest BCUT2D eigenvalue weighted by Gasteiger charge is 2.25. The molecule has 1 N–H and O–H groups in total. The van der Waals surface area contributed by atoms with Gasteiger partial charge in [-0.15, -0.1) is 0 Å². The fourth-order valence-electron chi connectivity index (χ4n) is 3.62. The lowest BCUT2D eigenvalue weighted by Crippen LogP contribution is -2.37. The molecule has 164 valence electrons. The first-order chi connectivity index (χ1) is 15.0. The van der Waals surface area contributed by atoms with Gasteiger partial charge in [0.15, 0.2) is 0 Å². The predicted octanol–water partition coefficient (Wildman–Crippen LogP) is 5.51. The zero-order chi connectivity index (χ0) is 22.2. The zero-order valence-electron chi connectivity index (χ0n) is 18.2. The van der Waals surface area contributed by atoms with Crippen LogP contribution in [0.5, 0.6) is 0 Å². The van der Waals surface area contributed by atoms with Gasteiger partial charge in [0.05, 0.1) is 9.95 Å². The molecule has 1 aliphatic rings. The maximum absolute atomic E-state index is 12.7. The molecule has 1 unspecified atom stereocenters. The van der Waals surface area contributed by atoms with Crippen molar-refractivity contribution in [1.29, 1.82) is 0 Å². The SMILES string of the molecule is C=C(S/C(CCc1ccc(Cl)cc1)=N\C)C(=O)NC1CCN(c2ccc(CC)cc2)C1. The standard InChI is InChI=1S/C25H30ClN3OS/c1-4-19-7-12-23(13-8-19)29-16-15-22(17-29)28-25(30)18(2)31-24(27-3)14-9-20-5-10-21(26)11-6-20/h5-8,10-13,22H,2,4,9,14-17H2,1,3H3,(H,28,30)/b27-24-. The number of carbonyl (C=O) groups excluding carboxylic acids is 1. The lowest BCUT2D eigenvalue weighted by atomic mass is 10.1. The molecular weight excluding hydrogens is 426 g/mol. The second-order valence-electron chi connectivity index (χ2n) is 7.69. The summed E-state index contributed by atoms with van der Waals surface area (Å²) >= 11 is 7.31. The number of thioether (sulfide) groups is 1. The number of anilines is 1. The van der Waals surface area contributed by atoms with E-state index in [1.807, 2.05) is 24.3 Å². The summed E-state index contributed by atoms with van der Waals surface area (Å²) in [5.74, 6) is -0.106. The highest BCUT2D eigenvalue weighted by molar-refractivity contribution is 8.17. The van der Waals surface area contributed by atoms with E-state index < -0.39 is 0 Å². The van der Waals surface area contributed by atoms with Crippen LogP contribution in [0.3, 0.4) is 0 Å². The molecule has 3 rings (SSSR count). The molecule has 0 saturated carbocycles. The van der Waals surface area contributed by atoms with E-state index in [-0.39, 0.29) is 11.9 Å². The minimum Gasteiger partial charge on any atom is -0.369 e. The maximum atomic E-state index is 12.7. The number of hydrogen-bond donors (Lipinski definition) is 1. The average molecular weight is 456 g/mol. The number of aliphatic imine (C=N–C) groups is 1. The van der Waals surface area contributed by atoms with Crippen LogP contribution >= 0.6 is 23.4 Å². The van der Waals surface area contributed by atoms with Crippen LogP contribution in [0.1, 0.15) is 30.9 Å². The Kier molecular flexibility index (Phi) is 8.61. The van der Waals surface area contributed by atoms with Crippen molar-refractivity contribution in [2.24, 2.45) is 4.99 Å². The van der Waals surface area contributed by atoms with Crippen molar-refractivity contribution in [1.82, 2.24) is 5.32 Å². The van der Waals surface area contributed by atoms with Crippen molar-refractivity contribution in [3.63, 3.8) is 0 Å². The summed E-state index contributed by atoms with van der Waals surface area (Å²) in [5, 5.41) is 4.77. The van der Waals surface area contributed by atoms with E-state index in [0.717, 1.165) is 48.8 Å². The predicted molar refractivity (Wildman–Crippen MR) is 134 cm³/mol. The first-order valence-corrected chi connectivity index (χ1v) is 11.9. The Morgan fingerprint density at radius 1 is 1.19 bits per heavy atom. The van der Waals surface area contributed by atoms with Gasteiger partial charge in [-0.1, -0.05) is 61.1 Å². The first-order valence-electron chi connectivity index (χ1n) is 10.7. The van der Waals surface area contributed by atoms with Crippen molar-refractivity contribution >= 4 is 40.0 Å². The van der Waals surface area contributed by atoms with Gasteiger partial charge >= 0.3 is 0 Å². The van der Waals surface area contributed by atoms with Gasteiger partial charge in [0.25, 0.3) is 5.91 Å². The van der Waals surface area contributed by atoms with Crippen molar-refractivity contribution < 1.29 is 4.79 Å². The summed E-state index contributed by atoms with van der Waals surface area (Å²) < 4.78 is 0. The van der Waals surface area contributed by atoms with Gasteiger partial charge in [-0.2, -0.15) is 0 Å². The molecule has 1 amide bonds. The van der Waals surface area contributed by atoms with Gasteiger partial charge in [-0.25, -0.2) is 0 Å². The van der Waals surface area contributed by atoms with E-state index >= 15 is 0 Å². The number of nitrogens with one attached hydrogen (secondary N) is 1. The van der Waals surface area contributed by atoms with E-state index in [4.69, 9.17) is 11.6 Å². The minimum absolute atomic E-state index is 0.106. The smallest absolute Gasteiger partial charge is 0.257 e. The van der Waals surface area contributed by atoms with Gasteiger partial charge in [-0.3, -0.25) is 9.79 Å². The molecule has 1 heterocycles. The van der Waals surface area contributed by atoms with E-state index in [1.54, 1.807) is 7.05 Å². The summed E-state index contributed by atoms with van der Waals surface area (Å²) in [6.07, 6.45) is 3.59. The summed E-state index contributed by atoms with van der Waals surface area (Å²) in [6, 6.07) is 16.6. The van der Waals surface area contributed by atoms with E-state index in [1.165, 1.54) is 28.6 Å². The molecule has 2 aromatic carbocycles. The van der Waals surface area contributed by atoms with Crippen LogP contribution in [0.25, 0.3) is 0 Å². The van der Waals surface area contributed by atoms with Crippen LogP contribution < -0.4 is 10.2 Å². The fraction of sp³-hybridized carbons (Fsp3) is 0.360. The summed E-state index contributed by atoms with van der Waals surface area (Å²) in [4.78, 5) is 19.8. The topological polar surface area (TPSA) is 44.7 Å². The minimum atomic E-state index is -0.106. The van der Waals surface area contributed by atoms with E-state index in [2.05, 4.69) is 53.0 Å². The molecule has 1 fully saturated rings. The molecule has 1 saturated heterocycles. The van der Waals surface area contributed by atoms with Crippen LogP contribution in [-0.2, 0) is 17.6 Å². The Morgan fingerprint density at radius 2 is 1.87 bits per heavy atom. The fourth-order valence-corrected chi connectivity index (χ4v) is 4.48. The largest absolute Gasteiger partial charge is 0.369 e. The van der Waals surface area contributed by atoms with Gasteiger partial charge in [0.2, 0.25) is 0 Å². The summed E-state index contributed by atoms with van der Waals surface area (Å²) in [5.41, 5.74) is 3.74. The molecule has 4 nitrogen and oxygen atoms in total. The molecule has 1 aliphatic heterocycles. The second kappa shape index (κ2) is 11.4. The molecular formula is C25H30ClN3OS. The number of benzene rings is 2. The van der Waals surface area contributed by atoms with Gasteiger partial charge in [-0.05, 0) is 61.1 Å². The third kappa shape index (κ3) is 6.88. The van der Waals surface area contributed by atoms with Crippen LogP contribution in [0.15, 0.2) is 65.0 Å². The normalized spacial score (nSPS) is 16.4. The van der Waals surface area contributed by atoms with Crippen LogP contribution in [-0.4, -0.2) is 37.1 Å². The molecule has 0 bridgehead atoms. The number of carbonyl (C=O) groups is 1. The first kappa shape index (κ1) is 23.4. The Hall–Kier alpha value is -2.24. The number of halogens is 1. The summed E-state index contributed by atoms with van der Waals surface area (Å²) in [7, 11) is 1.76. The molecule has 0 spiro atoms. The van der Waals surface area contributed by atoms with Crippen molar-refractivity contribution in [3.8, 4) is 0 Å². The Morgan fingerprint density at radius 3 is 2.52 bits per heavy atom. The number of aryl methyl sites for hydroxylation is 2. The number of nitrogens with zero attached hydrogens (tertiary/aromatic N) is 2. The highest BCUT2D eigenvalue weighted by atomic mass is 35.5. The Labute approximate surface area is 194 Å². The maximum Gasteiger partial charge on any atom is 0.257 e. The second-order valence-corrected chi connectivity index (χ2v) is 9.30. The number of amides is 1. The Bertz CT molecular complexity index is 925. The molecule has 31 heavy (non-hydrogen) atoms. The van der Waals surface area contributed by atoms with E-state index in [0.29, 0.717) is 4.91 Å². The number of hydrogen-bond acceptors (Lipinski definition) is 4. The van der Waals surface area contributed by atoms with Crippen LogP contribution in [0, 0.1) is 0 Å². The lowest BCUT2D eigenvalue weighted by molar-refractivity contribution is -0.117. The van der Waals surface area contributed by atoms with Crippen LogP contribution in [0.4, 0.5) is 5.69 Å². The van der Waals surface area contributed by atoms with Gasteiger partial charge in [0, 0.05) is 36.9 Å².